The summed E-state index contributed by atoms with van der Waals surface area (Å²) in [4.78, 5) is 2.36. The summed E-state index contributed by atoms with van der Waals surface area (Å²) in [5.74, 6) is 0.609. The van der Waals surface area contributed by atoms with E-state index in [0.717, 1.165) is 43.7 Å². The summed E-state index contributed by atoms with van der Waals surface area (Å²) in [5, 5.41) is 0. The molecule has 0 bridgehead atoms. The number of hydrogen-bond donors (Lipinski definition) is 1. The lowest BCUT2D eigenvalue weighted by Crippen LogP contribution is -2.35. The maximum atomic E-state index is 13.7. The van der Waals surface area contributed by atoms with Crippen molar-refractivity contribution in [3.63, 3.8) is 0 Å². The maximum Gasteiger partial charge on any atom is 0.127 e. The molecule has 0 spiro atoms. The van der Waals surface area contributed by atoms with Gasteiger partial charge in [-0.05, 0) is 51.3 Å². The van der Waals surface area contributed by atoms with Crippen molar-refractivity contribution >= 4 is 0 Å². The minimum Gasteiger partial charge on any atom is -0.330 e. The number of aryl methyl sites for hydroxylation is 1. The Labute approximate surface area is 109 Å². The molecule has 1 aliphatic heterocycles. The molecule has 1 unspecified atom stereocenters. The van der Waals surface area contributed by atoms with Crippen molar-refractivity contribution in [1.29, 1.82) is 0 Å². The molecular weight excluding hydrogens is 227 g/mol. The number of nitrogens with zero attached hydrogens (tertiary/aromatic N) is 1. The summed E-state index contributed by atoms with van der Waals surface area (Å²) in [6.07, 6.45) is 3.56. The number of piperidine rings is 1. The van der Waals surface area contributed by atoms with Gasteiger partial charge >= 0.3 is 0 Å². The van der Waals surface area contributed by atoms with Gasteiger partial charge in [-0.25, -0.2) is 4.39 Å². The second kappa shape index (κ2) is 6.30. The van der Waals surface area contributed by atoms with Gasteiger partial charge in [0.15, 0.2) is 0 Å². The van der Waals surface area contributed by atoms with Crippen molar-refractivity contribution in [3.8, 4) is 0 Å². The Morgan fingerprint density at radius 3 is 3.06 bits per heavy atom. The van der Waals surface area contributed by atoms with Crippen LogP contribution in [-0.4, -0.2) is 24.5 Å². The van der Waals surface area contributed by atoms with Crippen LogP contribution in [0.2, 0.25) is 0 Å². The van der Waals surface area contributed by atoms with Gasteiger partial charge < -0.3 is 5.73 Å². The zero-order chi connectivity index (χ0) is 13.0. The van der Waals surface area contributed by atoms with Gasteiger partial charge in [0, 0.05) is 18.7 Å². The van der Waals surface area contributed by atoms with E-state index in [4.69, 9.17) is 5.73 Å². The molecule has 0 aliphatic carbocycles. The van der Waals surface area contributed by atoms with E-state index in [2.05, 4.69) is 4.90 Å². The van der Waals surface area contributed by atoms with E-state index in [1.807, 2.05) is 19.1 Å². The highest BCUT2D eigenvalue weighted by atomic mass is 19.1. The molecule has 0 amide bonds. The molecule has 2 nitrogen and oxygen atoms in total. The molecule has 1 heterocycles. The molecule has 1 atom stereocenters. The molecule has 2 N–H and O–H groups in total. The first-order valence-corrected chi connectivity index (χ1v) is 6.86. The molecular formula is C15H23FN2. The number of benzene rings is 1. The number of hydrogen-bond acceptors (Lipinski definition) is 2. The Hall–Kier alpha value is -0.930. The highest BCUT2D eigenvalue weighted by Gasteiger charge is 2.20. The quantitative estimate of drug-likeness (QED) is 0.890. The zero-order valence-electron chi connectivity index (χ0n) is 11.2. The lowest BCUT2D eigenvalue weighted by molar-refractivity contribution is 0.161. The van der Waals surface area contributed by atoms with Crippen LogP contribution in [0.5, 0.6) is 0 Å². The summed E-state index contributed by atoms with van der Waals surface area (Å²) < 4.78 is 13.7. The van der Waals surface area contributed by atoms with Crippen LogP contribution < -0.4 is 5.73 Å². The van der Waals surface area contributed by atoms with E-state index in [1.165, 1.54) is 12.8 Å². The monoisotopic (exact) mass is 250 g/mol. The first kappa shape index (κ1) is 13.5. The minimum atomic E-state index is -0.0819. The summed E-state index contributed by atoms with van der Waals surface area (Å²) in [5.41, 5.74) is 7.57. The normalized spacial score (nSPS) is 21.2. The predicted octanol–water partition coefficient (Wildman–Crippen LogP) is 2.69. The van der Waals surface area contributed by atoms with E-state index in [0.29, 0.717) is 5.92 Å². The van der Waals surface area contributed by atoms with E-state index in [-0.39, 0.29) is 5.82 Å². The molecule has 1 aliphatic rings. The maximum absolute atomic E-state index is 13.7. The Bertz CT molecular complexity index is 390. The lowest BCUT2D eigenvalue weighted by atomic mass is 9.94. The van der Waals surface area contributed by atoms with E-state index in [1.54, 1.807) is 6.07 Å². The van der Waals surface area contributed by atoms with E-state index < -0.39 is 0 Å². The van der Waals surface area contributed by atoms with Crippen LogP contribution in [0.1, 0.15) is 30.4 Å². The van der Waals surface area contributed by atoms with Gasteiger partial charge in [-0.1, -0.05) is 17.7 Å². The molecule has 2 rings (SSSR count). The molecule has 18 heavy (non-hydrogen) atoms. The Kier molecular flexibility index (Phi) is 4.72. The first-order valence-electron chi connectivity index (χ1n) is 6.86. The van der Waals surface area contributed by atoms with Crippen LogP contribution in [0.4, 0.5) is 4.39 Å². The third-order valence-electron chi connectivity index (χ3n) is 3.77. The average molecular weight is 250 g/mol. The molecule has 1 aromatic rings. The van der Waals surface area contributed by atoms with Crippen LogP contribution in [-0.2, 0) is 6.54 Å². The average Bonchev–Trinajstić information content (AvgIpc) is 2.35. The van der Waals surface area contributed by atoms with Crippen molar-refractivity contribution in [2.24, 2.45) is 11.7 Å². The molecule has 0 saturated carbocycles. The molecule has 1 aromatic carbocycles. The van der Waals surface area contributed by atoms with Gasteiger partial charge in [0.25, 0.3) is 0 Å². The van der Waals surface area contributed by atoms with Crippen molar-refractivity contribution in [3.05, 3.63) is 35.1 Å². The van der Waals surface area contributed by atoms with Crippen molar-refractivity contribution < 1.29 is 4.39 Å². The SMILES string of the molecule is Cc1ccc(F)c(CN2CCCC(CCN)C2)c1. The minimum absolute atomic E-state index is 0.0819. The molecule has 0 aromatic heterocycles. The fourth-order valence-corrected chi connectivity index (χ4v) is 2.83. The van der Waals surface area contributed by atoms with Crippen molar-refractivity contribution in [1.82, 2.24) is 4.90 Å². The number of rotatable bonds is 4. The highest BCUT2D eigenvalue weighted by molar-refractivity contribution is 5.24. The fraction of sp³-hybridized carbons (Fsp3) is 0.600. The Morgan fingerprint density at radius 1 is 1.44 bits per heavy atom. The lowest BCUT2D eigenvalue weighted by Gasteiger charge is -2.32. The predicted molar refractivity (Wildman–Crippen MR) is 72.8 cm³/mol. The van der Waals surface area contributed by atoms with E-state index in [9.17, 15) is 4.39 Å². The van der Waals surface area contributed by atoms with Crippen LogP contribution in [0.15, 0.2) is 18.2 Å². The van der Waals surface area contributed by atoms with Gasteiger partial charge in [0.1, 0.15) is 5.82 Å². The summed E-state index contributed by atoms with van der Waals surface area (Å²) in [6.45, 7) is 5.64. The number of likely N-dealkylation sites (tertiary alicyclic amines) is 1. The smallest absolute Gasteiger partial charge is 0.127 e. The molecule has 1 fully saturated rings. The van der Waals surface area contributed by atoms with Crippen LogP contribution >= 0.6 is 0 Å². The summed E-state index contributed by atoms with van der Waals surface area (Å²) >= 11 is 0. The first-order chi connectivity index (χ1) is 8.69. The second-order valence-electron chi connectivity index (χ2n) is 5.42. The largest absolute Gasteiger partial charge is 0.330 e. The molecule has 100 valence electrons. The molecule has 3 heteroatoms. The molecule has 1 saturated heterocycles. The van der Waals surface area contributed by atoms with Crippen molar-refractivity contribution in [2.45, 2.75) is 32.7 Å². The van der Waals surface area contributed by atoms with Crippen LogP contribution in [0.3, 0.4) is 0 Å². The van der Waals surface area contributed by atoms with Crippen molar-refractivity contribution in [2.75, 3.05) is 19.6 Å². The summed E-state index contributed by atoms with van der Waals surface area (Å²) in [6, 6.07) is 5.36. The Morgan fingerprint density at radius 2 is 2.28 bits per heavy atom. The van der Waals surface area contributed by atoms with Gasteiger partial charge in [0.05, 0.1) is 0 Å². The van der Waals surface area contributed by atoms with Gasteiger partial charge in [-0.15, -0.1) is 0 Å². The summed E-state index contributed by atoms with van der Waals surface area (Å²) in [7, 11) is 0. The van der Waals surface area contributed by atoms with Gasteiger partial charge in [-0.2, -0.15) is 0 Å². The Balaban J connectivity index is 1.98. The third kappa shape index (κ3) is 3.53. The third-order valence-corrected chi connectivity index (χ3v) is 3.77. The number of halogens is 1. The van der Waals surface area contributed by atoms with Crippen LogP contribution in [0.25, 0.3) is 0 Å². The topological polar surface area (TPSA) is 29.3 Å². The number of nitrogens with two attached hydrogens (primary N) is 1. The fourth-order valence-electron chi connectivity index (χ4n) is 2.83. The molecule has 0 radical (unpaired) electrons. The second-order valence-corrected chi connectivity index (χ2v) is 5.42. The standard InChI is InChI=1S/C15H23FN2/c1-12-4-5-15(16)14(9-12)11-18-8-2-3-13(10-18)6-7-17/h4-5,9,13H,2-3,6-8,10-11,17H2,1H3. The zero-order valence-corrected chi connectivity index (χ0v) is 11.2. The van der Waals surface area contributed by atoms with Crippen LogP contribution in [0, 0.1) is 18.7 Å². The van der Waals surface area contributed by atoms with Gasteiger partial charge in [-0.3, -0.25) is 4.90 Å². The van der Waals surface area contributed by atoms with E-state index >= 15 is 0 Å². The van der Waals surface area contributed by atoms with Gasteiger partial charge in [0.2, 0.25) is 0 Å². The highest BCUT2D eigenvalue weighted by Crippen LogP contribution is 2.21.